The van der Waals surface area contributed by atoms with E-state index in [0.717, 1.165) is 42.9 Å². The Bertz CT molecular complexity index is 932. The molecule has 2 atom stereocenters. The van der Waals surface area contributed by atoms with E-state index in [0.29, 0.717) is 12.0 Å². The summed E-state index contributed by atoms with van der Waals surface area (Å²) in [5, 5.41) is 0.958. The normalized spacial score (nSPS) is 21.2. The van der Waals surface area contributed by atoms with Crippen LogP contribution in [-0.2, 0) is 6.54 Å². The van der Waals surface area contributed by atoms with Crippen molar-refractivity contribution in [3.63, 3.8) is 0 Å². The molecule has 136 valence electrons. The second kappa shape index (κ2) is 6.96. The zero-order chi connectivity index (χ0) is 18.1. The highest BCUT2D eigenvalue weighted by molar-refractivity contribution is 5.87. The maximum atomic E-state index is 12.0. The highest BCUT2D eigenvalue weighted by Gasteiger charge is 2.30. The number of benzene rings is 1. The number of aromatic amines is 2. The molecular weight excluding hydrogens is 326 g/mol. The van der Waals surface area contributed by atoms with E-state index in [4.69, 9.17) is 0 Å². The fraction of sp³-hybridized carbons (Fsp3) is 0.400. The van der Waals surface area contributed by atoms with Gasteiger partial charge in [-0.3, -0.25) is 9.88 Å². The molecule has 1 fully saturated rings. The number of likely N-dealkylation sites (tertiary alicyclic amines) is 1. The summed E-state index contributed by atoms with van der Waals surface area (Å²) in [6, 6.07) is 12.9. The van der Waals surface area contributed by atoms with E-state index in [1.807, 2.05) is 12.3 Å². The van der Waals surface area contributed by atoms with Crippen molar-refractivity contribution in [2.24, 2.45) is 5.92 Å². The van der Waals surface area contributed by atoms with E-state index < -0.39 is 0 Å². The van der Waals surface area contributed by atoms with E-state index in [1.165, 1.54) is 5.56 Å². The molecule has 0 bridgehead atoms. The monoisotopic (exact) mass is 351 g/mol. The topological polar surface area (TPSA) is 68.0 Å². The molecule has 1 aliphatic heterocycles. The third kappa shape index (κ3) is 3.24. The van der Waals surface area contributed by atoms with Crippen LogP contribution < -0.4 is 10.6 Å². The van der Waals surface area contributed by atoms with E-state index >= 15 is 0 Å². The molecule has 0 radical (unpaired) electrons. The van der Waals surface area contributed by atoms with Crippen LogP contribution in [0.15, 0.2) is 47.4 Å². The third-order valence-corrected chi connectivity index (χ3v) is 5.51. The summed E-state index contributed by atoms with van der Waals surface area (Å²) in [6.45, 7) is 5.32. The Hall–Kier alpha value is -2.60. The van der Waals surface area contributed by atoms with Crippen LogP contribution in [0.4, 0.5) is 5.82 Å². The molecule has 6 nitrogen and oxygen atoms in total. The molecule has 0 unspecified atom stereocenters. The predicted molar refractivity (Wildman–Crippen MR) is 104 cm³/mol. The van der Waals surface area contributed by atoms with Gasteiger partial charge in [0, 0.05) is 32.4 Å². The lowest BCUT2D eigenvalue weighted by Crippen LogP contribution is -2.51. The summed E-state index contributed by atoms with van der Waals surface area (Å²) in [5.41, 5.74) is 1.76. The van der Waals surface area contributed by atoms with E-state index in [-0.39, 0.29) is 5.69 Å². The lowest BCUT2D eigenvalue weighted by molar-refractivity contribution is 0.159. The molecule has 1 aromatic carbocycles. The largest absolute Gasteiger partial charge is 0.354 e. The summed E-state index contributed by atoms with van der Waals surface area (Å²) in [6.07, 6.45) is 2.98. The van der Waals surface area contributed by atoms with Crippen LogP contribution in [-0.4, -0.2) is 46.0 Å². The molecule has 1 saturated heterocycles. The number of nitrogens with one attached hydrogen (secondary N) is 2. The van der Waals surface area contributed by atoms with Gasteiger partial charge in [-0.1, -0.05) is 37.3 Å². The fourth-order valence-electron chi connectivity index (χ4n) is 3.98. The molecule has 0 spiro atoms. The summed E-state index contributed by atoms with van der Waals surface area (Å²) in [5.74, 6) is 1.30. The minimum atomic E-state index is -0.314. The Balaban J connectivity index is 1.58. The number of anilines is 1. The van der Waals surface area contributed by atoms with Gasteiger partial charge in [0.25, 0.3) is 0 Å². The fourth-order valence-corrected chi connectivity index (χ4v) is 3.98. The molecule has 0 amide bonds. The minimum absolute atomic E-state index is 0.314. The quantitative estimate of drug-likeness (QED) is 0.758. The summed E-state index contributed by atoms with van der Waals surface area (Å²) < 4.78 is 0. The lowest BCUT2D eigenvalue weighted by atomic mass is 9.92. The number of aromatic nitrogens is 3. The molecule has 4 rings (SSSR count). The van der Waals surface area contributed by atoms with Gasteiger partial charge in [0.1, 0.15) is 11.5 Å². The van der Waals surface area contributed by atoms with Gasteiger partial charge < -0.3 is 9.88 Å². The molecule has 0 aliphatic carbocycles. The number of rotatable bonds is 4. The first-order valence-corrected chi connectivity index (χ1v) is 9.18. The molecule has 3 heterocycles. The Morgan fingerprint density at radius 3 is 2.88 bits per heavy atom. The van der Waals surface area contributed by atoms with Gasteiger partial charge in [-0.05, 0) is 30.5 Å². The Kier molecular flexibility index (Phi) is 4.51. The lowest BCUT2D eigenvalue weighted by Gasteiger charge is -2.42. The SMILES string of the molecule is C[C@@H]1CCN(Cc2ccccc2)C[C@@H]1N(C)c1nc(=O)[nH]c2[nH]ccc12. The number of nitrogens with zero attached hydrogens (tertiary/aromatic N) is 3. The van der Waals surface area contributed by atoms with Gasteiger partial charge in [-0.25, -0.2) is 4.79 Å². The average Bonchev–Trinajstić information content (AvgIpc) is 3.11. The first kappa shape index (κ1) is 16.8. The second-order valence-electron chi connectivity index (χ2n) is 7.30. The van der Waals surface area contributed by atoms with Crippen molar-refractivity contribution in [1.82, 2.24) is 19.9 Å². The zero-order valence-electron chi connectivity index (χ0n) is 15.3. The number of piperidine rings is 1. The maximum Gasteiger partial charge on any atom is 0.348 e. The van der Waals surface area contributed by atoms with Gasteiger partial charge in [-0.2, -0.15) is 4.98 Å². The molecule has 2 aromatic heterocycles. The van der Waals surface area contributed by atoms with Crippen LogP contribution in [0.1, 0.15) is 18.9 Å². The van der Waals surface area contributed by atoms with Crippen LogP contribution in [0.2, 0.25) is 0 Å². The van der Waals surface area contributed by atoms with Gasteiger partial charge in [0.2, 0.25) is 0 Å². The van der Waals surface area contributed by atoms with Crippen LogP contribution in [0.5, 0.6) is 0 Å². The van der Waals surface area contributed by atoms with Crippen LogP contribution >= 0.6 is 0 Å². The summed E-state index contributed by atoms with van der Waals surface area (Å²) in [7, 11) is 2.06. The van der Waals surface area contributed by atoms with Crippen molar-refractivity contribution in [1.29, 1.82) is 0 Å². The standard InChI is InChI=1S/C20H25N5O/c1-14-9-11-25(12-15-6-4-3-5-7-15)13-17(14)24(2)19-16-8-10-21-18(16)22-20(26)23-19/h3-8,10,14,17H,9,11-13H2,1-2H3,(H2,21,22,23,26)/t14-,17+/m1/s1. The van der Waals surface area contributed by atoms with Crippen molar-refractivity contribution in [3.05, 3.63) is 58.6 Å². The molecule has 2 N–H and O–H groups in total. The van der Waals surface area contributed by atoms with Gasteiger partial charge >= 0.3 is 5.69 Å². The first-order valence-electron chi connectivity index (χ1n) is 9.18. The van der Waals surface area contributed by atoms with E-state index in [1.54, 1.807) is 0 Å². The maximum absolute atomic E-state index is 12.0. The first-order chi connectivity index (χ1) is 12.6. The van der Waals surface area contributed by atoms with Crippen molar-refractivity contribution in [3.8, 4) is 0 Å². The van der Waals surface area contributed by atoms with E-state index in [2.05, 4.69) is 69.1 Å². The predicted octanol–water partition coefficient (Wildman–Crippen LogP) is 2.60. The van der Waals surface area contributed by atoms with Gasteiger partial charge in [0.05, 0.1) is 5.39 Å². The summed E-state index contributed by atoms with van der Waals surface area (Å²) in [4.78, 5) is 26.7. The second-order valence-corrected chi connectivity index (χ2v) is 7.30. The van der Waals surface area contributed by atoms with Crippen LogP contribution in [0, 0.1) is 5.92 Å². The number of likely N-dealkylation sites (N-methyl/N-ethyl adjacent to an activating group) is 1. The number of H-pyrrole nitrogens is 2. The van der Waals surface area contributed by atoms with Crippen molar-refractivity contribution in [2.45, 2.75) is 25.9 Å². The van der Waals surface area contributed by atoms with Gasteiger partial charge in [-0.15, -0.1) is 0 Å². The Labute approximate surface area is 152 Å². The Morgan fingerprint density at radius 1 is 1.27 bits per heavy atom. The van der Waals surface area contributed by atoms with Crippen molar-refractivity contribution < 1.29 is 0 Å². The van der Waals surface area contributed by atoms with E-state index in [9.17, 15) is 4.79 Å². The Morgan fingerprint density at radius 2 is 2.08 bits per heavy atom. The van der Waals surface area contributed by atoms with Crippen LogP contribution in [0.3, 0.4) is 0 Å². The van der Waals surface area contributed by atoms with Crippen molar-refractivity contribution >= 4 is 16.9 Å². The molecule has 0 saturated carbocycles. The molecule has 6 heteroatoms. The average molecular weight is 351 g/mol. The smallest absolute Gasteiger partial charge is 0.348 e. The number of hydrogen-bond acceptors (Lipinski definition) is 4. The van der Waals surface area contributed by atoms with Crippen molar-refractivity contribution in [2.75, 3.05) is 25.0 Å². The zero-order valence-corrected chi connectivity index (χ0v) is 15.3. The molecular formula is C20H25N5O. The highest BCUT2D eigenvalue weighted by Crippen LogP contribution is 2.28. The minimum Gasteiger partial charge on any atom is -0.354 e. The molecule has 3 aromatic rings. The molecule has 26 heavy (non-hydrogen) atoms. The molecule has 1 aliphatic rings. The van der Waals surface area contributed by atoms with Crippen LogP contribution in [0.25, 0.3) is 11.0 Å². The number of fused-ring (bicyclic) bond motifs is 1. The van der Waals surface area contributed by atoms with Gasteiger partial charge in [0.15, 0.2) is 0 Å². The highest BCUT2D eigenvalue weighted by atomic mass is 16.1. The third-order valence-electron chi connectivity index (χ3n) is 5.51. The summed E-state index contributed by atoms with van der Waals surface area (Å²) >= 11 is 0. The number of hydrogen-bond donors (Lipinski definition) is 2.